The SMILES string of the molecule is COc1cccc(NC(=O)N2C[C@@H]3[C@H](OC)C(=O)N(C)[C@@H]3C2)c1. The Morgan fingerprint density at radius 2 is 2.09 bits per heavy atom. The molecule has 7 nitrogen and oxygen atoms in total. The van der Waals surface area contributed by atoms with E-state index in [9.17, 15) is 9.59 Å². The molecule has 2 aliphatic heterocycles. The molecular formula is C16H21N3O4. The quantitative estimate of drug-likeness (QED) is 0.903. The highest BCUT2D eigenvalue weighted by molar-refractivity contribution is 5.91. The van der Waals surface area contributed by atoms with Crippen molar-refractivity contribution in [2.75, 3.05) is 39.7 Å². The molecule has 0 bridgehead atoms. The summed E-state index contributed by atoms with van der Waals surface area (Å²) in [7, 11) is 4.89. The third kappa shape index (κ3) is 2.72. The summed E-state index contributed by atoms with van der Waals surface area (Å²) in [5, 5.41) is 2.87. The van der Waals surface area contributed by atoms with E-state index in [2.05, 4.69) is 5.32 Å². The number of benzene rings is 1. The van der Waals surface area contributed by atoms with Crippen molar-refractivity contribution in [1.82, 2.24) is 9.80 Å². The zero-order chi connectivity index (χ0) is 16.6. The Morgan fingerprint density at radius 3 is 2.78 bits per heavy atom. The number of methoxy groups -OCH3 is 2. The number of nitrogens with zero attached hydrogens (tertiary/aromatic N) is 2. The summed E-state index contributed by atoms with van der Waals surface area (Å²) in [6.45, 7) is 1.03. The summed E-state index contributed by atoms with van der Waals surface area (Å²) < 4.78 is 10.5. The molecule has 1 aromatic rings. The van der Waals surface area contributed by atoms with Crippen molar-refractivity contribution in [3.8, 4) is 5.75 Å². The number of carbonyl (C=O) groups excluding carboxylic acids is 2. The van der Waals surface area contributed by atoms with Gasteiger partial charge in [0.1, 0.15) is 11.9 Å². The van der Waals surface area contributed by atoms with Crippen molar-refractivity contribution in [2.24, 2.45) is 5.92 Å². The molecule has 1 aromatic carbocycles. The van der Waals surface area contributed by atoms with E-state index in [1.165, 1.54) is 7.11 Å². The third-order valence-corrected chi connectivity index (χ3v) is 4.67. The van der Waals surface area contributed by atoms with E-state index in [-0.39, 0.29) is 23.9 Å². The summed E-state index contributed by atoms with van der Waals surface area (Å²) >= 11 is 0. The fraction of sp³-hybridized carbons (Fsp3) is 0.500. The van der Waals surface area contributed by atoms with Crippen molar-refractivity contribution in [1.29, 1.82) is 0 Å². The van der Waals surface area contributed by atoms with Gasteiger partial charge >= 0.3 is 6.03 Å². The molecule has 3 atom stereocenters. The van der Waals surface area contributed by atoms with E-state index in [4.69, 9.17) is 9.47 Å². The summed E-state index contributed by atoms with van der Waals surface area (Å²) in [4.78, 5) is 27.9. The fourth-order valence-corrected chi connectivity index (χ4v) is 3.41. The van der Waals surface area contributed by atoms with Gasteiger partial charge in [0.15, 0.2) is 0 Å². The minimum absolute atomic E-state index is 0.00430. The lowest BCUT2D eigenvalue weighted by molar-refractivity contribution is -0.136. The van der Waals surface area contributed by atoms with Crippen LogP contribution in [0.15, 0.2) is 24.3 Å². The standard InChI is InChI=1S/C16H21N3O4/c1-18-13-9-19(8-12(13)14(23-3)15(18)20)16(21)17-10-5-4-6-11(7-10)22-2/h4-7,12-14H,8-9H2,1-3H3,(H,17,21)/t12-,13+,14-/m0/s1. The highest BCUT2D eigenvalue weighted by atomic mass is 16.5. The van der Waals surface area contributed by atoms with Gasteiger partial charge in [0.25, 0.3) is 5.91 Å². The maximum atomic E-state index is 12.5. The van der Waals surface area contributed by atoms with Crippen LogP contribution in [-0.2, 0) is 9.53 Å². The van der Waals surface area contributed by atoms with Crippen LogP contribution in [0.25, 0.3) is 0 Å². The lowest BCUT2D eigenvalue weighted by Crippen LogP contribution is -2.40. The van der Waals surface area contributed by atoms with Crippen molar-refractivity contribution in [3.63, 3.8) is 0 Å². The zero-order valence-electron chi connectivity index (χ0n) is 13.5. The monoisotopic (exact) mass is 319 g/mol. The zero-order valence-corrected chi connectivity index (χ0v) is 13.5. The van der Waals surface area contributed by atoms with Crippen LogP contribution in [0.5, 0.6) is 5.75 Å². The first-order valence-electron chi connectivity index (χ1n) is 7.54. The summed E-state index contributed by atoms with van der Waals surface area (Å²) in [5.41, 5.74) is 0.680. The lowest BCUT2D eigenvalue weighted by Gasteiger charge is -2.22. The molecule has 0 saturated carbocycles. The molecule has 2 fully saturated rings. The average Bonchev–Trinajstić information content (AvgIpc) is 3.08. The normalized spacial score (nSPS) is 26.4. The van der Waals surface area contributed by atoms with Gasteiger partial charge in [-0.3, -0.25) is 4.79 Å². The topological polar surface area (TPSA) is 71.1 Å². The van der Waals surface area contributed by atoms with Crippen molar-refractivity contribution in [3.05, 3.63) is 24.3 Å². The Labute approximate surface area is 135 Å². The van der Waals surface area contributed by atoms with Crippen LogP contribution in [0, 0.1) is 5.92 Å². The highest BCUT2D eigenvalue weighted by Crippen LogP contribution is 2.33. The number of amides is 3. The molecule has 0 aromatic heterocycles. The van der Waals surface area contributed by atoms with Gasteiger partial charge in [-0.1, -0.05) is 6.07 Å². The Hall–Kier alpha value is -2.28. The van der Waals surface area contributed by atoms with Gasteiger partial charge in [-0.2, -0.15) is 0 Å². The van der Waals surface area contributed by atoms with Crippen LogP contribution in [-0.4, -0.2) is 68.2 Å². The Kier molecular flexibility index (Phi) is 4.12. The molecule has 0 aliphatic carbocycles. The molecule has 2 heterocycles. The number of anilines is 1. The van der Waals surface area contributed by atoms with Crippen LogP contribution in [0.3, 0.4) is 0 Å². The number of rotatable bonds is 3. The van der Waals surface area contributed by atoms with E-state index in [0.29, 0.717) is 24.5 Å². The Morgan fingerprint density at radius 1 is 1.30 bits per heavy atom. The van der Waals surface area contributed by atoms with Crippen LogP contribution in [0.4, 0.5) is 10.5 Å². The molecule has 0 radical (unpaired) electrons. The van der Waals surface area contributed by atoms with Crippen LogP contribution in [0.2, 0.25) is 0 Å². The second-order valence-corrected chi connectivity index (χ2v) is 5.90. The van der Waals surface area contributed by atoms with Gasteiger partial charge in [-0.15, -0.1) is 0 Å². The first-order chi connectivity index (χ1) is 11.0. The van der Waals surface area contributed by atoms with Crippen LogP contribution < -0.4 is 10.1 Å². The van der Waals surface area contributed by atoms with Gasteiger partial charge in [0.2, 0.25) is 0 Å². The molecule has 3 amide bonds. The third-order valence-electron chi connectivity index (χ3n) is 4.67. The molecule has 3 rings (SSSR count). The Balaban J connectivity index is 1.67. The van der Waals surface area contributed by atoms with E-state index in [0.717, 1.165) is 0 Å². The number of carbonyl (C=O) groups is 2. The molecule has 0 unspecified atom stereocenters. The largest absolute Gasteiger partial charge is 0.497 e. The van der Waals surface area contributed by atoms with Gasteiger partial charge in [0, 0.05) is 44.9 Å². The molecule has 23 heavy (non-hydrogen) atoms. The van der Waals surface area contributed by atoms with Gasteiger partial charge < -0.3 is 24.6 Å². The van der Waals surface area contributed by atoms with Gasteiger partial charge in [-0.05, 0) is 12.1 Å². The van der Waals surface area contributed by atoms with Gasteiger partial charge in [-0.25, -0.2) is 4.79 Å². The van der Waals surface area contributed by atoms with Crippen LogP contribution >= 0.6 is 0 Å². The van der Waals surface area contributed by atoms with E-state index in [1.54, 1.807) is 30.0 Å². The van der Waals surface area contributed by atoms with Crippen molar-refractivity contribution < 1.29 is 19.1 Å². The number of nitrogens with one attached hydrogen (secondary N) is 1. The smallest absolute Gasteiger partial charge is 0.321 e. The first-order valence-corrected chi connectivity index (χ1v) is 7.54. The number of likely N-dealkylation sites (tertiary alicyclic amines) is 2. The van der Waals surface area contributed by atoms with Crippen LogP contribution in [0.1, 0.15) is 0 Å². The number of ether oxygens (including phenoxy) is 2. The first kappa shape index (κ1) is 15.6. The summed E-state index contributed by atoms with van der Waals surface area (Å²) in [6, 6.07) is 7.06. The van der Waals surface area contributed by atoms with E-state index >= 15 is 0 Å². The second kappa shape index (κ2) is 6.08. The van der Waals surface area contributed by atoms with Crippen molar-refractivity contribution >= 4 is 17.6 Å². The summed E-state index contributed by atoms with van der Waals surface area (Å²) in [6.07, 6.45) is -0.459. The van der Waals surface area contributed by atoms with Gasteiger partial charge in [0.05, 0.1) is 13.2 Å². The van der Waals surface area contributed by atoms with E-state index in [1.807, 2.05) is 18.2 Å². The fourth-order valence-electron chi connectivity index (χ4n) is 3.41. The number of hydrogen-bond donors (Lipinski definition) is 1. The molecule has 7 heteroatoms. The second-order valence-electron chi connectivity index (χ2n) is 5.90. The average molecular weight is 319 g/mol. The molecule has 124 valence electrons. The predicted molar refractivity (Wildman–Crippen MR) is 84.4 cm³/mol. The number of hydrogen-bond acceptors (Lipinski definition) is 4. The highest BCUT2D eigenvalue weighted by Gasteiger charge is 2.52. The molecule has 2 aliphatic rings. The number of likely N-dealkylation sites (N-methyl/N-ethyl adjacent to an activating group) is 1. The number of fused-ring (bicyclic) bond motifs is 1. The van der Waals surface area contributed by atoms with E-state index < -0.39 is 6.10 Å². The lowest BCUT2D eigenvalue weighted by atomic mass is 10.0. The maximum Gasteiger partial charge on any atom is 0.321 e. The molecular weight excluding hydrogens is 298 g/mol. The minimum atomic E-state index is -0.459. The summed E-state index contributed by atoms with van der Waals surface area (Å²) in [5.74, 6) is 0.704. The number of urea groups is 1. The van der Waals surface area contributed by atoms with Crippen molar-refractivity contribution in [2.45, 2.75) is 12.1 Å². The predicted octanol–water partition coefficient (Wildman–Crippen LogP) is 1.01. The Bertz CT molecular complexity index is 621. The molecule has 0 spiro atoms. The molecule has 2 saturated heterocycles. The maximum absolute atomic E-state index is 12.5. The minimum Gasteiger partial charge on any atom is -0.497 e. The molecule has 1 N–H and O–H groups in total.